The second-order valence-corrected chi connectivity index (χ2v) is 4.82. The Morgan fingerprint density at radius 3 is 2.79 bits per heavy atom. The minimum Gasteiger partial charge on any atom is -0.497 e. The molecule has 0 aliphatic rings. The Bertz CT molecular complexity index is 419. The smallest absolute Gasteiger partial charge is 0.253 e. The van der Waals surface area contributed by atoms with Crippen LogP contribution in [0.5, 0.6) is 5.75 Å². The second-order valence-electron chi connectivity index (χ2n) is 4.82. The lowest BCUT2D eigenvalue weighted by atomic mass is 10.1. The van der Waals surface area contributed by atoms with Crippen LogP contribution in [-0.4, -0.2) is 19.1 Å². The quantitative estimate of drug-likeness (QED) is 0.588. The highest BCUT2D eigenvalue weighted by Gasteiger charge is 2.13. The van der Waals surface area contributed by atoms with Gasteiger partial charge in [0.2, 0.25) is 0 Å². The number of amides is 1. The maximum absolute atomic E-state index is 12.1. The standard InChI is InChI=1S/C15H24N2O2/c1-4-5-6-7-11(2)17-15(18)13-10-12(19-3)8-9-14(13)16/h8-11H,4-7,16H2,1-3H3,(H,17,18). The van der Waals surface area contributed by atoms with Gasteiger partial charge in [-0.05, 0) is 31.5 Å². The van der Waals surface area contributed by atoms with E-state index in [1.54, 1.807) is 25.3 Å². The van der Waals surface area contributed by atoms with Crippen LogP contribution in [0.2, 0.25) is 0 Å². The summed E-state index contributed by atoms with van der Waals surface area (Å²) in [6.45, 7) is 4.18. The van der Waals surface area contributed by atoms with Gasteiger partial charge in [0, 0.05) is 11.7 Å². The van der Waals surface area contributed by atoms with Gasteiger partial charge < -0.3 is 15.8 Å². The van der Waals surface area contributed by atoms with Crippen molar-refractivity contribution in [2.24, 2.45) is 0 Å². The summed E-state index contributed by atoms with van der Waals surface area (Å²) in [4.78, 5) is 12.1. The molecule has 0 saturated carbocycles. The van der Waals surface area contributed by atoms with Gasteiger partial charge in [-0.1, -0.05) is 26.2 Å². The lowest BCUT2D eigenvalue weighted by Gasteiger charge is -2.15. The molecule has 0 radical (unpaired) electrons. The molecule has 0 fully saturated rings. The second kappa shape index (κ2) is 7.67. The Hall–Kier alpha value is -1.71. The Labute approximate surface area is 115 Å². The highest BCUT2D eigenvalue weighted by atomic mass is 16.5. The van der Waals surface area contributed by atoms with Crippen molar-refractivity contribution in [2.75, 3.05) is 12.8 Å². The van der Waals surface area contributed by atoms with Gasteiger partial charge in [-0.2, -0.15) is 0 Å². The highest BCUT2D eigenvalue weighted by molar-refractivity contribution is 5.99. The number of nitrogen functional groups attached to an aromatic ring is 1. The summed E-state index contributed by atoms with van der Waals surface area (Å²) in [7, 11) is 1.57. The zero-order chi connectivity index (χ0) is 14.3. The molecular formula is C15H24N2O2. The Kier molecular flexibility index (Phi) is 6.19. The Morgan fingerprint density at radius 2 is 2.16 bits per heavy atom. The lowest BCUT2D eigenvalue weighted by Crippen LogP contribution is -2.33. The van der Waals surface area contributed by atoms with Crippen molar-refractivity contribution < 1.29 is 9.53 Å². The number of unbranched alkanes of at least 4 members (excludes halogenated alkanes) is 2. The third-order valence-corrected chi connectivity index (χ3v) is 3.12. The van der Waals surface area contributed by atoms with Crippen molar-refractivity contribution in [1.82, 2.24) is 5.32 Å². The minimum atomic E-state index is -0.139. The van der Waals surface area contributed by atoms with E-state index in [-0.39, 0.29) is 11.9 Å². The van der Waals surface area contributed by atoms with Crippen LogP contribution in [-0.2, 0) is 0 Å². The number of hydrogen-bond donors (Lipinski definition) is 2. The average molecular weight is 264 g/mol. The number of nitrogens with two attached hydrogens (primary N) is 1. The summed E-state index contributed by atoms with van der Waals surface area (Å²) >= 11 is 0. The summed E-state index contributed by atoms with van der Waals surface area (Å²) in [5, 5.41) is 2.97. The first-order valence-electron chi connectivity index (χ1n) is 6.82. The SMILES string of the molecule is CCCCCC(C)NC(=O)c1cc(OC)ccc1N. The zero-order valence-corrected chi connectivity index (χ0v) is 12.0. The van der Waals surface area contributed by atoms with Crippen LogP contribution in [0, 0.1) is 0 Å². The predicted octanol–water partition coefficient (Wildman–Crippen LogP) is 2.98. The van der Waals surface area contributed by atoms with Crippen molar-refractivity contribution >= 4 is 11.6 Å². The molecule has 0 spiro atoms. The van der Waals surface area contributed by atoms with Crippen molar-refractivity contribution in [2.45, 2.75) is 45.6 Å². The van der Waals surface area contributed by atoms with E-state index in [1.165, 1.54) is 12.8 Å². The Morgan fingerprint density at radius 1 is 1.42 bits per heavy atom. The third-order valence-electron chi connectivity index (χ3n) is 3.12. The zero-order valence-electron chi connectivity index (χ0n) is 12.0. The molecule has 1 unspecified atom stereocenters. The number of hydrogen-bond acceptors (Lipinski definition) is 3. The number of rotatable bonds is 7. The van der Waals surface area contributed by atoms with E-state index in [0.717, 1.165) is 12.8 Å². The molecule has 19 heavy (non-hydrogen) atoms. The predicted molar refractivity (Wildman–Crippen MR) is 78.5 cm³/mol. The van der Waals surface area contributed by atoms with Gasteiger partial charge in [-0.15, -0.1) is 0 Å². The van der Waals surface area contributed by atoms with Crippen LogP contribution in [0.15, 0.2) is 18.2 Å². The molecule has 4 heteroatoms. The molecule has 0 aliphatic heterocycles. The first kappa shape index (κ1) is 15.3. The monoisotopic (exact) mass is 264 g/mol. The summed E-state index contributed by atoms with van der Waals surface area (Å²) in [6.07, 6.45) is 4.50. The molecular weight excluding hydrogens is 240 g/mol. The number of nitrogens with one attached hydrogen (secondary N) is 1. The highest BCUT2D eigenvalue weighted by Crippen LogP contribution is 2.19. The fourth-order valence-corrected chi connectivity index (χ4v) is 1.93. The summed E-state index contributed by atoms with van der Waals surface area (Å²) < 4.78 is 5.11. The fourth-order valence-electron chi connectivity index (χ4n) is 1.93. The summed E-state index contributed by atoms with van der Waals surface area (Å²) in [5.74, 6) is 0.499. The van der Waals surface area contributed by atoms with Crippen molar-refractivity contribution in [3.05, 3.63) is 23.8 Å². The molecule has 0 heterocycles. The minimum absolute atomic E-state index is 0.139. The van der Waals surface area contributed by atoms with Crippen LogP contribution in [0.25, 0.3) is 0 Å². The largest absolute Gasteiger partial charge is 0.497 e. The summed E-state index contributed by atoms with van der Waals surface area (Å²) in [6, 6.07) is 5.26. The van der Waals surface area contributed by atoms with Crippen molar-refractivity contribution in [3.63, 3.8) is 0 Å². The number of carbonyl (C=O) groups excluding carboxylic acids is 1. The van der Waals surface area contributed by atoms with Crippen LogP contribution >= 0.6 is 0 Å². The average Bonchev–Trinajstić information content (AvgIpc) is 2.39. The molecule has 1 rings (SSSR count). The van der Waals surface area contributed by atoms with Crippen LogP contribution < -0.4 is 15.8 Å². The van der Waals surface area contributed by atoms with Gasteiger partial charge in [0.25, 0.3) is 5.91 Å². The van der Waals surface area contributed by atoms with Crippen LogP contribution in [0.1, 0.15) is 49.9 Å². The van der Waals surface area contributed by atoms with E-state index < -0.39 is 0 Å². The number of carbonyl (C=O) groups is 1. The molecule has 1 aromatic carbocycles. The van der Waals surface area contributed by atoms with Gasteiger partial charge in [-0.3, -0.25) is 4.79 Å². The number of anilines is 1. The lowest BCUT2D eigenvalue weighted by molar-refractivity contribution is 0.0938. The molecule has 0 saturated heterocycles. The van der Waals surface area contributed by atoms with Crippen LogP contribution in [0.3, 0.4) is 0 Å². The van der Waals surface area contributed by atoms with Crippen LogP contribution in [0.4, 0.5) is 5.69 Å². The fraction of sp³-hybridized carbons (Fsp3) is 0.533. The molecule has 1 amide bonds. The number of methoxy groups -OCH3 is 1. The van der Waals surface area contributed by atoms with E-state index in [4.69, 9.17) is 10.5 Å². The molecule has 1 atom stereocenters. The first-order valence-corrected chi connectivity index (χ1v) is 6.82. The molecule has 4 nitrogen and oxygen atoms in total. The normalized spacial score (nSPS) is 11.9. The number of benzene rings is 1. The maximum Gasteiger partial charge on any atom is 0.253 e. The van der Waals surface area contributed by atoms with Crippen molar-refractivity contribution in [3.8, 4) is 5.75 Å². The Balaban J connectivity index is 2.62. The topological polar surface area (TPSA) is 64.3 Å². The van der Waals surface area contributed by atoms with Gasteiger partial charge in [0.05, 0.1) is 12.7 Å². The third kappa shape index (κ3) is 4.81. The summed E-state index contributed by atoms with van der Waals surface area (Å²) in [5.41, 5.74) is 6.77. The number of ether oxygens (including phenoxy) is 1. The van der Waals surface area contributed by atoms with Gasteiger partial charge >= 0.3 is 0 Å². The van der Waals surface area contributed by atoms with E-state index in [0.29, 0.717) is 17.0 Å². The molecule has 0 aromatic heterocycles. The molecule has 3 N–H and O–H groups in total. The van der Waals surface area contributed by atoms with Crippen molar-refractivity contribution in [1.29, 1.82) is 0 Å². The van der Waals surface area contributed by atoms with E-state index in [2.05, 4.69) is 12.2 Å². The van der Waals surface area contributed by atoms with Gasteiger partial charge in [0.1, 0.15) is 5.75 Å². The van der Waals surface area contributed by atoms with Gasteiger partial charge in [0.15, 0.2) is 0 Å². The molecule has 0 bridgehead atoms. The molecule has 106 valence electrons. The van der Waals surface area contributed by atoms with E-state index in [1.807, 2.05) is 6.92 Å². The van der Waals surface area contributed by atoms with E-state index in [9.17, 15) is 4.79 Å². The molecule has 1 aromatic rings. The maximum atomic E-state index is 12.1. The first-order chi connectivity index (χ1) is 9.08. The van der Waals surface area contributed by atoms with Gasteiger partial charge in [-0.25, -0.2) is 0 Å². The molecule has 0 aliphatic carbocycles. The van der Waals surface area contributed by atoms with E-state index >= 15 is 0 Å².